The van der Waals surface area contributed by atoms with E-state index in [-0.39, 0.29) is 0 Å². The van der Waals surface area contributed by atoms with E-state index in [0.29, 0.717) is 0 Å². The Bertz CT molecular complexity index is 415. The Morgan fingerprint density at radius 2 is 1.33 bits per heavy atom. The summed E-state index contributed by atoms with van der Waals surface area (Å²) < 4.78 is 13.0. The van der Waals surface area contributed by atoms with Crippen LogP contribution in [0.25, 0.3) is 11.1 Å². The third kappa shape index (κ3) is 2.24. The van der Waals surface area contributed by atoms with Crippen molar-refractivity contribution in [2.75, 3.05) is 0 Å². The fourth-order valence-electron chi connectivity index (χ4n) is 1.57. The van der Waals surface area contributed by atoms with Crippen molar-refractivity contribution < 1.29 is 4.39 Å². The summed E-state index contributed by atoms with van der Waals surface area (Å²) in [6.07, 6.45) is -0.894. The first kappa shape index (κ1) is 9.91. The van der Waals surface area contributed by atoms with Crippen molar-refractivity contribution in [3.8, 4) is 11.1 Å². The molecule has 0 fully saturated rings. The normalized spacial score (nSPS) is 12.4. The largest absolute Gasteiger partial charge is 0.243 e. The van der Waals surface area contributed by atoms with Crippen molar-refractivity contribution in [2.24, 2.45) is 0 Å². The molecule has 0 aliphatic rings. The molecule has 0 aromatic heterocycles. The van der Waals surface area contributed by atoms with Gasteiger partial charge in [-0.25, -0.2) is 4.39 Å². The van der Waals surface area contributed by atoms with Crippen LogP contribution >= 0.6 is 0 Å². The van der Waals surface area contributed by atoms with Gasteiger partial charge in [0.05, 0.1) is 0 Å². The van der Waals surface area contributed by atoms with Crippen molar-refractivity contribution >= 4 is 0 Å². The number of hydrogen-bond acceptors (Lipinski definition) is 0. The molecule has 15 heavy (non-hydrogen) atoms. The van der Waals surface area contributed by atoms with Gasteiger partial charge in [0.25, 0.3) is 0 Å². The SMILES string of the molecule is CC(F)c1ccc(-c2ccccc2)cc1. The average molecular weight is 200 g/mol. The molecule has 0 saturated heterocycles. The Labute approximate surface area is 89.4 Å². The summed E-state index contributed by atoms with van der Waals surface area (Å²) in [7, 11) is 0. The van der Waals surface area contributed by atoms with Gasteiger partial charge in [0.2, 0.25) is 0 Å². The summed E-state index contributed by atoms with van der Waals surface area (Å²) >= 11 is 0. The summed E-state index contributed by atoms with van der Waals surface area (Å²) in [6.45, 7) is 1.55. The van der Waals surface area contributed by atoms with Gasteiger partial charge in [-0.3, -0.25) is 0 Å². The molecule has 2 aromatic rings. The Morgan fingerprint density at radius 1 is 0.800 bits per heavy atom. The third-order valence-electron chi connectivity index (χ3n) is 2.48. The predicted octanol–water partition coefficient (Wildman–Crippen LogP) is 4.38. The van der Waals surface area contributed by atoms with Crippen molar-refractivity contribution in [2.45, 2.75) is 13.1 Å². The van der Waals surface area contributed by atoms with E-state index in [1.807, 2.05) is 54.6 Å². The minimum absolute atomic E-state index is 0.731. The van der Waals surface area contributed by atoms with Crippen LogP contribution in [0.5, 0.6) is 0 Å². The van der Waals surface area contributed by atoms with Gasteiger partial charge < -0.3 is 0 Å². The second-order valence-electron chi connectivity index (χ2n) is 3.60. The smallest absolute Gasteiger partial charge is 0.122 e. The fourth-order valence-corrected chi connectivity index (χ4v) is 1.57. The highest BCUT2D eigenvalue weighted by Crippen LogP contribution is 2.22. The molecular formula is C14H13F. The lowest BCUT2D eigenvalue weighted by molar-refractivity contribution is 0.374. The van der Waals surface area contributed by atoms with Gasteiger partial charge in [-0.2, -0.15) is 0 Å². The zero-order valence-electron chi connectivity index (χ0n) is 8.65. The average Bonchev–Trinajstić information content (AvgIpc) is 2.30. The maximum Gasteiger partial charge on any atom is 0.122 e. The highest BCUT2D eigenvalue weighted by Gasteiger charge is 2.02. The topological polar surface area (TPSA) is 0 Å². The molecule has 0 nitrogen and oxygen atoms in total. The molecule has 1 atom stereocenters. The van der Waals surface area contributed by atoms with Crippen LogP contribution in [0.1, 0.15) is 18.7 Å². The molecule has 0 saturated carbocycles. The summed E-state index contributed by atoms with van der Waals surface area (Å²) in [5, 5.41) is 0. The van der Waals surface area contributed by atoms with E-state index in [9.17, 15) is 4.39 Å². The van der Waals surface area contributed by atoms with E-state index in [0.717, 1.165) is 16.7 Å². The highest BCUT2D eigenvalue weighted by atomic mass is 19.1. The zero-order chi connectivity index (χ0) is 10.7. The lowest BCUT2D eigenvalue weighted by atomic mass is 10.0. The zero-order valence-corrected chi connectivity index (χ0v) is 8.65. The molecule has 0 aliphatic heterocycles. The Balaban J connectivity index is 2.32. The van der Waals surface area contributed by atoms with Gasteiger partial charge >= 0.3 is 0 Å². The highest BCUT2D eigenvalue weighted by molar-refractivity contribution is 5.63. The van der Waals surface area contributed by atoms with Crippen LogP contribution in [-0.2, 0) is 0 Å². The molecule has 0 bridgehead atoms. The molecule has 1 unspecified atom stereocenters. The minimum Gasteiger partial charge on any atom is -0.243 e. The Hall–Kier alpha value is -1.63. The van der Waals surface area contributed by atoms with Crippen LogP contribution in [0.3, 0.4) is 0 Å². The maximum absolute atomic E-state index is 13.0. The summed E-state index contributed by atoms with van der Waals surface area (Å²) in [4.78, 5) is 0. The quantitative estimate of drug-likeness (QED) is 0.674. The molecule has 76 valence electrons. The van der Waals surface area contributed by atoms with Crippen LogP contribution in [0.4, 0.5) is 4.39 Å². The monoisotopic (exact) mass is 200 g/mol. The molecule has 2 aromatic carbocycles. The first-order valence-electron chi connectivity index (χ1n) is 5.07. The Morgan fingerprint density at radius 3 is 1.87 bits per heavy atom. The molecule has 0 heterocycles. The van der Waals surface area contributed by atoms with Gasteiger partial charge in [0.15, 0.2) is 0 Å². The van der Waals surface area contributed by atoms with Crippen molar-refractivity contribution in [3.05, 3.63) is 60.2 Å². The lowest BCUT2D eigenvalue weighted by Gasteiger charge is -2.04. The molecular weight excluding hydrogens is 187 g/mol. The van der Waals surface area contributed by atoms with E-state index in [1.165, 1.54) is 0 Å². The van der Waals surface area contributed by atoms with E-state index in [1.54, 1.807) is 6.92 Å². The second-order valence-corrected chi connectivity index (χ2v) is 3.60. The summed E-state index contributed by atoms with van der Waals surface area (Å²) in [6, 6.07) is 17.7. The molecule has 0 aliphatic carbocycles. The van der Waals surface area contributed by atoms with E-state index in [4.69, 9.17) is 0 Å². The van der Waals surface area contributed by atoms with Gasteiger partial charge in [-0.1, -0.05) is 54.6 Å². The van der Waals surface area contributed by atoms with Crippen LogP contribution in [0, 0.1) is 0 Å². The third-order valence-corrected chi connectivity index (χ3v) is 2.48. The second kappa shape index (κ2) is 4.26. The van der Waals surface area contributed by atoms with Gasteiger partial charge in [-0.05, 0) is 23.6 Å². The van der Waals surface area contributed by atoms with Crippen LogP contribution in [-0.4, -0.2) is 0 Å². The number of hydrogen-bond donors (Lipinski definition) is 0. The number of benzene rings is 2. The van der Waals surface area contributed by atoms with Crippen molar-refractivity contribution in [1.82, 2.24) is 0 Å². The molecule has 0 radical (unpaired) electrons. The number of alkyl halides is 1. The summed E-state index contributed by atoms with van der Waals surface area (Å²) in [5.74, 6) is 0. The van der Waals surface area contributed by atoms with Crippen LogP contribution in [0.15, 0.2) is 54.6 Å². The first-order chi connectivity index (χ1) is 7.27. The molecule has 0 spiro atoms. The minimum atomic E-state index is -0.894. The standard InChI is InChI=1S/C14H13F/c1-11(15)12-7-9-14(10-8-12)13-5-3-2-4-6-13/h2-11H,1H3. The lowest BCUT2D eigenvalue weighted by Crippen LogP contribution is -1.85. The molecule has 0 N–H and O–H groups in total. The van der Waals surface area contributed by atoms with Gasteiger partial charge in [0, 0.05) is 0 Å². The first-order valence-corrected chi connectivity index (χ1v) is 5.07. The maximum atomic E-state index is 13.0. The molecule has 1 heteroatoms. The number of halogens is 1. The van der Waals surface area contributed by atoms with Crippen LogP contribution < -0.4 is 0 Å². The van der Waals surface area contributed by atoms with E-state index >= 15 is 0 Å². The van der Waals surface area contributed by atoms with E-state index < -0.39 is 6.17 Å². The predicted molar refractivity (Wildman–Crippen MR) is 61.4 cm³/mol. The van der Waals surface area contributed by atoms with Crippen LogP contribution in [0.2, 0.25) is 0 Å². The van der Waals surface area contributed by atoms with Crippen molar-refractivity contribution in [1.29, 1.82) is 0 Å². The molecule has 2 rings (SSSR count). The Kier molecular flexibility index (Phi) is 2.82. The van der Waals surface area contributed by atoms with Crippen molar-refractivity contribution in [3.63, 3.8) is 0 Å². The summed E-state index contributed by atoms with van der Waals surface area (Å²) in [5.41, 5.74) is 3.02. The molecule has 0 amide bonds. The van der Waals surface area contributed by atoms with Gasteiger partial charge in [-0.15, -0.1) is 0 Å². The fraction of sp³-hybridized carbons (Fsp3) is 0.143. The number of rotatable bonds is 2. The van der Waals surface area contributed by atoms with E-state index in [2.05, 4.69) is 0 Å². The van der Waals surface area contributed by atoms with Gasteiger partial charge in [0.1, 0.15) is 6.17 Å².